The van der Waals surface area contributed by atoms with Crippen LogP contribution in [0.3, 0.4) is 0 Å². The topological polar surface area (TPSA) is 60.9 Å². The van der Waals surface area contributed by atoms with Crippen LogP contribution in [-0.4, -0.2) is 31.3 Å². The van der Waals surface area contributed by atoms with Crippen molar-refractivity contribution in [2.24, 2.45) is 0 Å². The molecule has 7 heteroatoms. The molecule has 0 unspecified atom stereocenters. The van der Waals surface area contributed by atoms with Gasteiger partial charge < -0.3 is 19.1 Å². The number of anilines is 1. The number of hydrogen-bond acceptors (Lipinski definition) is 5. The van der Waals surface area contributed by atoms with E-state index in [1.165, 1.54) is 6.92 Å². The number of rotatable bonds is 9. The molecule has 0 saturated carbocycles. The van der Waals surface area contributed by atoms with Gasteiger partial charge in [0.25, 0.3) is 0 Å². The first-order chi connectivity index (χ1) is 15.0. The summed E-state index contributed by atoms with van der Waals surface area (Å²) in [5, 5.41) is 0. The summed E-state index contributed by atoms with van der Waals surface area (Å²) < 4.78 is 29.3. The first kappa shape index (κ1) is 22.1. The molecule has 0 fully saturated rings. The molecule has 0 spiro atoms. The number of methoxy groups -OCH3 is 1. The van der Waals surface area contributed by atoms with Crippen LogP contribution in [0.1, 0.15) is 18.1 Å². The van der Waals surface area contributed by atoms with Gasteiger partial charge in [0.1, 0.15) is 36.2 Å². The van der Waals surface area contributed by atoms with E-state index in [0.29, 0.717) is 34.4 Å². The van der Waals surface area contributed by atoms with Crippen molar-refractivity contribution in [2.45, 2.75) is 20.4 Å². The third-order valence-electron chi connectivity index (χ3n) is 4.58. The second-order valence-electron chi connectivity index (χ2n) is 6.86. The van der Waals surface area contributed by atoms with Gasteiger partial charge in [0, 0.05) is 18.7 Å². The summed E-state index contributed by atoms with van der Waals surface area (Å²) >= 11 is 0. The zero-order chi connectivity index (χ0) is 22.2. The zero-order valence-electron chi connectivity index (χ0n) is 17.8. The van der Waals surface area contributed by atoms with Gasteiger partial charge in [-0.25, -0.2) is 9.37 Å². The normalized spacial score (nSPS) is 10.5. The summed E-state index contributed by atoms with van der Waals surface area (Å²) in [6.45, 7) is 3.03. The molecule has 0 N–H and O–H groups in total. The van der Waals surface area contributed by atoms with Crippen LogP contribution in [-0.2, 0) is 11.3 Å². The highest BCUT2D eigenvalue weighted by Gasteiger charge is 2.20. The van der Waals surface area contributed by atoms with Gasteiger partial charge in [-0.2, -0.15) is 0 Å². The molecule has 162 valence electrons. The van der Waals surface area contributed by atoms with E-state index in [0.717, 1.165) is 5.56 Å². The Labute approximate surface area is 181 Å². The molecule has 6 nitrogen and oxygen atoms in total. The van der Waals surface area contributed by atoms with Gasteiger partial charge in [0.2, 0.25) is 11.8 Å². The predicted octanol–water partition coefficient (Wildman–Crippen LogP) is 5.09. The number of carbonyl (C=O) groups excluding carboxylic acids is 1. The van der Waals surface area contributed by atoms with Gasteiger partial charge in [0.05, 0.1) is 13.7 Å². The minimum absolute atomic E-state index is 0.0423. The van der Waals surface area contributed by atoms with Crippen molar-refractivity contribution in [1.82, 2.24) is 4.98 Å². The van der Waals surface area contributed by atoms with Gasteiger partial charge >= 0.3 is 0 Å². The molecule has 2 aromatic carbocycles. The highest BCUT2D eigenvalue weighted by molar-refractivity contribution is 5.92. The Morgan fingerprint density at radius 2 is 1.84 bits per heavy atom. The van der Waals surface area contributed by atoms with E-state index in [1.807, 2.05) is 31.2 Å². The van der Waals surface area contributed by atoms with E-state index in [9.17, 15) is 9.18 Å². The summed E-state index contributed by atoms with van der Waals surface area (Å²) in [7, 11) is 1.55. The summed E-state index contributed by atoms with van der Waals surface area (Å²) in [4.78, 5) is 18.5. The molecule has 1 amide bonds. The molecule has 0 bridgehead atoms. The summed E-state index contributed by atoms with van der Waals surface area (Å²) in [6.07, 6.45) is 1.61. The van der Waals surface area contributed by atoms with Crippen molar-refractivity contribution in [2.75, 3.05) is 25.3 Å². The van der Waals surface area contributed by atoms with E-state index in [2.05, 4.69) is 4.98 Å². The summed E-state index contributed by atoms with van der Waals surface area (Å²) in [5.74, 6) is 1.82. The molecule has 0 atom stereocenters. The van der Waals surface area contributed by atoms with Gasteiger partial charge in [-0.15, -0.1) is 0 Å². The SMILES string of the molecule is COc1ccc(OCCF)cc1CN(C(C)=O)c1cccnc1Oc1ccc(C)cc1. The van der Waals surface area contributed by atoms with Crippen molar-refractivity contribution < 1.29 is 23.4 Å². The summed E-state index contributed by atoms with van der Waals surface area (Å²) in [5.41, 5.74) is 2.34. The second-order valence-corrected chi connectivity index (χ2v) is 6.86. The van der Waals surface area contributed by atoms with Crippen molar-refractivity contribution in [3.8, 4) is 23.1 Å². The lowest BCUT2D eigenvalue weighted by atomic mass is 10.1. The molecule has 0 aliphatic carbocycles. The molecule has 0 radical (unpaired) electrons. The van der Waals surface area contributed by atoms with Crippen molar-refractivity contribution >= 4 is 11.6 Å². The smallest absolute Gasteiger partial charge is 0.243 e. The average molecular weight is 424 g/mol. The maximum absolute atomic E-state index is 12.6. The molecule has 0 aliphatic rings. The fourth-order valence-electron chi connectivity index (χ4n) is 3.05. The van der Waals surface area contributed by atoms with E-state index in [1.54, 1.807) is 48.5 Å². The number of carbonyl (C=O) groups is 1. The molecule has 0 aliphatic heterocycles. The van der Waals surface area contributed by atoms with Crippen molar-refractivity contribution in [3.63, 3.8) is 0 Å². The lowest BCUT2D eigenvalue weighted by Gasteiger charge is -2.24. The second kappa shape index (κ2) is 10.4. The number of amides is 1. The lowest BCUT2D eigenvalue weighted by Crippen LogP contribution is -2.28. The third kappa shape index (κ3) is 5.72. The van der Waals surface area contributed by atoms with Crippen LogP contribution in [0.5, 0.6) is 23.1 Å². The Kier molecular flexibility index (Phi) is 7.43. The molecular formula is C24H25FN2O4. The van der Waals surface area contributed by atoms with E-state index in [-0.39, 0.29) is 19.1 Å². The van der Waals surface area contributed by atoms with Crippen LogP contribution in [0.2, 0.25) is 0 Å². The Bertz CT molecular complexity index is 1020. The number of alkyl halides is 1. The predicted molar refractivity (Wildman–Crippen MR) is 117 cm³/mol. The molecule has 1 heterocycles. The van der Waals surface area contributed by atoms with Gasteiger partial charge in [-0.1, -0.05) is 17.7 Å². The average Bonchev–Trinajstić information content (AvgIpc) is 2.78. The van der Waals surface area contributed by atoms with Crippen LogP contribution < -0.4 is 19.1 Å². The third-order valence-corrected chi connectivity index (χ3v) is 4.58. The van der Waals surface area contributed by atoms with Crippen LogP contribution in [0.25, 0.3) is 0 Å². The zero-order valence-corrected chi connectivity index (χ0v) is 17.8. The Morgan fingerprint density at radius 3 is 2.52 bits per heavy atom. The number of nitrogens with zero attached hydrogens (tertiary/aromatic N) is 2. The molecule has 3 rings (SSSR count). The van der Waals surface area contributed by atoms with Crippen LogP contribution in [0, 0.1) is 6.92 Å². The van der Waals surface area contributed by atoms with Crippen molar-refractivity contribution in [3.05, 3.63) is 71.9 Å². The monoisotopic (exact) mass is 424 g/mol. The number of aryl methyl sites for hydroxylation is 1. The Morgan fingerprint density at radius 1 is 1.10 bits per heavy atom. The van der Waals surface area contributed by atoms with Gasteiger partial charge in [-0.3, -0.25) is 4.79 Å². The highest BCUT2D eigenvalue weighted by Crippen LogP contribution is 2.33. The minimum Gasteiger partial charge on any atom is -0.496 e. The lowest BCUT2D eigenvalue weighted by molar-refractivity contribution is -0.116. The largest absolute Gasteiger partial charge is 0.496 e. The maximum Gasteiger partial charge on any atom is 0.243 e. The highest BCUT2D eigenvalue weighted by atomic mass is 19.1. The van der Waals surface area contributed by atoms with E-state index in [4.69, 9.17) is 14.2 Å². The molecular weight excluding hydrogens is 399 g/mol. The molecule has 3 aromatic rings. The van der Waals surface area contributed by atoms with E-state index >= 15 is 0 Å². The first-order valence-electron chi connectivity index (χ1n) is 9.85. The minimum atomic E-state index is -0.587. The Hall–Kier alpha value is -3.61. The van der Waals surface area contributed by atoms with Crippen LogP contribution in [0.4, 0.5) is 10.1 Å². The van der Waals surface area contributed by atoms with E-state index < -0.39 is 6.67 Å². The maximum atomic E-state index is 12.6. The molecule has 0 saturated heterocycles. The number of aromatic nitrogens is 1. The summed E-state index contributed by atoms with van der Waals surface area (Å²) in [6, 6.07) is 16.3. The van der Waals surface area contributed by atoms with Gasteiger partial charge in [-0.05, 0) is 49.4 Å². The first-order valence-corrected chi connectivity index (χ1v) is 9.85. The number of hydrogen-bond donors (Lipinski definition) is 0. The fraction of sp³-hybridized carbons (Fsp3) is 0.250. The number of ether oxygens (including phenoxy) is 3. The Balaban J connectivity index is 1.93. The standard InChI is InChI=1S/C24H25FN2O4/c1-17-6-8-20(9-7-17)31-24-22(5-4-13-26-24)27(18(2)28)16-19-15-21(30-14-12-25)10-11-23(19)29-3/h4-11,13,15H,12,14,16H2,1-3H3. The van der Waals surface area contributed by atoms with Gasteiger partial charge in [0.15, 0.2) is 0 Å². The van der Waals surface area contributed by atoms with Crippen molar-refractivity contribution in [1.29, 1.82) is 0 Å². The number of benzene rings is 2. The van der Waals surface area contributed by atoms with Crippen LogP contribution in [0.15, 0.2) is 60.8 Å². The quantitative estimate of drug-likeness (QED) is 0.479. The molecule has 31 heavy (non-hydrogen) atoms. The number of pyridine rings is 1. The number of halogens is 1. The van der Waals surface area contributed by atoms with Crippen LogP contribution >= 0.6 is 0 Å². The fourth-order valence-corrected chi connectivity index (χ4v) is 3.05. The molecule has 1 aromatic heterocycles.